The van der Waals surface area contributed by atoms with Gasteiger partial charge in [0, 0.05) is 0 Å². The molecule has 0 aromatic heterocycles. The SMILES string of the molecule is CCCC[C@H]1CC1C. The fraction of sp³-hybridized carbons (Fsp3) is 1.00. The number of unbranched alkanes of at least 4 members (excludes halogenated alkanes) is 1. The van der Waals surface area contributed by atoms with E-state index in [0.717, 1.165) is 11.8 Å². The zero-order valence-corrected chi connectivity index (χ0v) is 5.98. The third-order valence-corrected chi connectivity index (χ3v) is 2.20. The van der Waals surface area contributed by atoms with Gasteiger partial charge in [-0.05, 0) is 18.3 Å². The van der Waals surface area contributed by atoms with E-state index in [4.69, 9.17) is 0 Å². The molecule has 0 aromatic rings. The van der Waals surface area contributed by atoms with Gasteiger partial charge in [-0.15, -0.1) is 0 Å². The molecular weight excluding hydrogens is 96.1 g/mol. The predicted octanol–water partition coefficient (Wildman–Crippen LogP) is 2.83. The maximum absolute atomic E-state index is 2.36. The molecule has 0 heteroatoms. The van der Waals surface area contributed by atoms with Gasteiger partial charge in [0.25, 0.3) is 0 Å². The van der Waals surface area contributed by atoms with Crippen molar-refractivity contribution in [3.63, 3.8) is 0 Å². The molecule has 1 saturated carbocycles. The Hall–Kier alpha value is 0. The van der Waals surface area contributed by atoms with Crippen molar-refractivity contribution in [3.8, 4) is 0 Å². The minimum atomic E-state index is 1.07. The van der Waals surface area contributed by atoms with E-state index in [0.29, 0.717) is 0 Å². The largest absolute Gasteiger partial charge is 0.0654 e. The van der Waals surface area contributed by atoms with Crippen LogP contribution in [0.1, 0.15) is 39.5 Å². The zero-order chi connectivity index (χ0) is 5.98. The van der Waals surface area contributed by atoms with E-state index in [-0.39, 0.29) is 0 Å². The van der Waals surface area contributed by atoms with E-state index in [9.17, 15) is 0 Å². The van der Waals surface area contributed by atoms with Gasteiger partial charge in [0.15, 0.2) is 0 Å². The van der Waals surface area contributed by atoms with Crippen molar-refractivity contribution >= 4 is 0 Å². The summed E-state index contributed by atoms with van der Waals surface area (Å²) in [6.07, 6.45) is 5.84. The lowest BCUT2D eigenvalue weighted by molar-refractivity contribution is 0.620. The maximum atomic E-state index is 2.36. The Labute approximate surface area is 52.3 Å². The first kappa shape index (κ1) is 6.12. The van der Waals surface area contributed by atoms with E-state index in [1.54, 1.807) is 0 Å². The molecule has 1 unspecified atom stereocenters. The molecule has 0 saturated heterocycles. The fourth-order valence-electron chi connectivity index (χ4n) is 1.27. The Morgan fingerprint density at radius 3 is 2.50 bits per heavy atom. The van der Waals surface area contributed by atoms with Gasteiger partial charge >= 0.3 is 0 Å². The number of hydrogen-bond donors (Lipinski definition) is 0. The Balaban J connectivity index is 1.89. The van der Waals surface area contributed by atoms with Crippen LogP contribution < -0.4 is 0 Å². The molecule has 8 heavy (non-hydrogen) atoms. The van der Waals surface area contributed by atoms with Crippen LogP contribution in [0.4, 0.5) is 0 Å². The Morgan fingerprint density at radius 1 is 1.50 bits per heavy atom. The Morgan fingerprint density at radius 2 is 2.12 bits per heavy atom. The molecule has 0 aliphatic heterocycles. The summed E-state index contributed by atoms with van der Waals surface area (Å²) in [5.74, 6) is 2.19. The van der Waals surface area contributed by atoms with Crippen LogP contribution in [-0.2, 0) is 0 Å². The first-order valence-electron chi connectivity index (χ1n) is 3.84. The van der Waals surface area contributed by atoms with Crippen LogP contribution in [0.5, 0.6) is 0 Å². The quantitative estimate of drug-likeness (QED) is 0.526. The number of hydrogen-bond acceptors (Lipinski definition) is 0. The predicted molar refractivity (Wildman–Crippen MR) is 36.8 cm³/mol. The van der Waals surface area contributed by atoms with E-state index >= 15 is 0 Å². The lowest BCUT2D eigenvalue weighted by Crippen LogP contribution is -1.77. The van der Waals surface area contributed by atoms with Crippen molar-refractivity contribution in [2.75, 3.05) is 0 Å². The number of rotatable bonds is 3. The standard InChI is InChI=1S/C8H16/c1-3-4-5-8-6-7(8)2/h7-8H,3-6H2,1-2H3/t7?,8-/m0/s1. The minimum Gasteiger partial charge on any atom is -0.0654 e. The highest BCUT2D eigenvalue weighted by molar-refractivity contribution is 4.81. The van der Waals surface area contributed by atoms with E-state index < -0.39 is 0 Å². The molecule has 0 amide bonds. The van der Waals surface area contributed by atoms with Crippen LogP contribution in [0.15, 0.2) is 0 Å². The maximum Gasteiger partial charge on any atom is -0.0386 e. The van der Waals surface area contributed by atoms with Crippen LogP contribution in [-0.4, -0.2) is 0 Å². The minimum absolute atomic E-state index is 1.07. The van der Waals surface area contributed by atoms with Gasteiger partial charge in [-0.3, -0.25) is 0 Å². The second kappa shape index (κ2) is 2.52. The average Bonchev–Trinajstić information content (AvgIpc) is 2.42. The van der Waals surface area contributed by atoms with Crippen molar-refractivity contribution < 1.29 is 0 Å². The van der Waals surface area contributed by atoms with Crippen LogP contribution in [0.2, 0.25) is 0 Å². The smallest absolute Gasteiger partial charge is 0.0386 e. The van der Waals surface area contributed by atoms with E-state index in [1.165, 1.54) is 25.7 Å². The van der Waals surface area contributed by atoms with Crippen molar-refractivity contribution in [2.24, 2.45) is 11.8 Å². The summed E-state index contributed by atoms with van der Waals surface area (Å²) >= 11 is 0. The molecule has 1 aliphatic carbocycles. The topological polar surface area (TPSA) is 0 Å². The fourth-order valence-corrected chi connectivity index (χ4v) is 1.27. The molecule has 0 bridgehead atoms. The monoisotopic (exact) mass is 112 g/mol. The lowest BCUT2D eigenvalue weighted by atomic mass is 10.2. The van der Waals surface area contributed by atoms with Gasteiger partial charge in [-0.25, -0.2) is 0 Å². The van der Waals surface area contributed by atoms with Crippen molar-refractivity contribution in [3.05, 3.63) is 0 Å². The highest BCUT2D eigenvalue weighted by Gasteiger charge is 2.30. The van der Waals surface area contributed by atoms with E-state index in [2.05, 4.69) is 13.8 Å². The summed E-state index contributed by atoms with van der Waals surface area (Å²) in [7, 11) is 0. The summed E-state index contributed by atoms with van der Waals surface area (Å²) in [4.78, 5) is 0. The third kappa shape index (κ3) is 1.50. The van der Waals surface area contributed by atoms with E-state index in [1.807, 2.05) is 0 Å². The van der Waals surface area contributed by atoms with Crippen molar-refractivity contribution in [2.45, 2.75) is 39.5 Å². The molecule has 0 aromatic carbocycles. The van der Waals surface area contributed by atoms with Gasteiger partial charge < -0.3 is 0 Å². The second-order valence-electron chi connectivity index (χ2n) is 3.12. The normalized spacial score (nSPS) is 35.2. The average molecular weight is 112 g/mol. The molecule has 2 atom stereocenters. The zero-order valence-electron chi connectivity index (χ0n) is 5.98. The molecule has 0 heterocycles. The second-order valence-corrected chi connectivity index (χ2v) is 3.12. The van der Waals surface area contributed by atoms with Gasteiger partial charge in [-0.2, -0.15) is 0 Å². The van der Waals surface area contributed by atoms with Gasteiger partial charge in [0.1, 0.15) is 0 Å². The lowest BCUT2D eigenvalue weighted by Gasteiger charge is -1.91. The van der Waals surface area contributed by atoms with Gasteiger partial charge in [0.2, 0.25) is 0 Å². The van der Waals surface area contributed by atoms with Crippen LogP contribution >= 0.6 is 0 Å². The van der Waals surface area contributed by atoms with Crippen LogP contribution in [0, 0.1) is 11.8 Å². The van der Waals surface area contributed by atoms with Gasteiger partial charge in [0.05, 0.1) is 0 Å². The van der Waals surface area contributed by atoms with Crippen LogP contribution in [0.25, 0.3) is 0 Å². The van der Waals surface area contributed by atoms with Crippen molar-refractivity contribution in [1.82, 2.24) is 0 Å². The van der Waals surface area contributed by atoms with Crippen LogP contribution in [0.3, 0.4) is 0 Å². The molecular formula is C8H16. The summed E-state index contributed by atoms with van der Waals surface area (Å²) in [6, 6.07) is 0. The summed E-state index contributed by atoms with van der Waals surface area (Å²) in [6.45, 7) is 4.63. The highest BCUT2D eigenvalue weighted by atomic mass is 14.4. The first-order chi connectivity index (χ1) is 3.84. The summed E-state index contributed by atoms with van der Waals surface area (Å²) in [5, 5.41) is 0. The highest BCUT2D eigenvalue weighted by Crippen LogP contribution is 2.41. The molecule has 1 aliphatic rings. The summed E-state index contributed by atoms with van der Waals surface area (Å²) in [5.41, 5.74) is 0. The molecule has 0 nitrogen and oxygen atoms in total. The first-order valence-corrected chi connectivity index (χ1v) is 3.84. The molecule has 0 spiro atoms. The summed E-state index contributed by atoms with van der Waals surface area (Å²) < 4.78 is 0. The molecule has 48 valence electrons. The molecule has 1 fully saturated rings. The molecule has 1 rings (SSSR count). The Bertz CT molecular complexity index is 66.4. The molecule has 0 N–H and O–H groups in total. The van der Waals surface area contributed by atoms with Crippen molar-refractivity contribution in [1.29, 1.82) is 0 Å². The van der Waals surface area contributed by atoms with Gasteiger partial charge in [-0.1, -0.05) is 33.1 Å². The Kier molecular flexibility index (Phi) is 1.93. The third-order valence-electron chi connectivity index (χ3n) is 2.20. The molecule has 0 radical (unpaired) electrons.